The van der Waals surface area contributed by atoms with Gasteiger partial charge < -0.3 is 15.4 Å². The Bertz CT molecular complexity index is 359. The zero-order valence-corrected chi connectivity index (χ0v) is 13.5. The number of carbonyl (C=O) groups is 2. The lowest BCUT2D eigenvalue weighted by Gasteiger charge is -2.26. The minimum atomic E-state index is -0.324. The Labute approximate surface area is 127 Å². The number of ether oxygens (including phenoxy) is 1. The van der Waals surface area contributed by atoms with E-state index in [0.717, 1.165) is 12.8 Å². The summed E-state index contributed by atoms with van der Waals surface area (Å²) < 4.78 is 5.83. The van der Waals surface area contributed by atoms with E-state index in [1.165, 1.54) is 0 Å². The largest absolute Gasteiger partial charge is 0.373 e. The minimum absolute atomic E-state index is 0.0272. The van der Waals surface area contributed by atoms with Crippen molar-refractivity contribution in [1.29, 1.82) is 0 Å². The second-order valence-electron chi connectivity index (χ2n) is 7.12. The molecule has 2 rings (SSSR count). The van der Waals surface area contributed by atoms with Crippen LogP contribution in [-0.4, -0.2) is 37.1 Å². The molecule has 0 aliphatic carbocycles. The van der Waals surface area contributed by atoms with Crippen LogP contribution in [0.25, 0.3) is 0 Å². The molecule has 0 aromatic rings. The van der Waals surface area contributed by atoms with Crippen LogP contribution in [0.3, 0.4) is 0 Å². The Morgan fingerprint density at radius 2 is 1.29 bits per heavy atom. The molecule has 5 nitrogen and oxygen atoms in total. The molecule has 0 radical (unpaired) electrons. The van der Waals surface area contributed by atoms with E-state index in [-0.39, 0.29) is 35.9 Å². The number of rotatable bonds is 6. The Hall–Kier alpha value is -1.10. The summed E-state index contributed by atoms with van der Waals surface area (Å²) in [4.78, 5) is 24.8. The SMILES string of the molecule is CC(C)CNC(=O)[C@@H]1[C@H](C(=O)NCC(C)C)[C@H]2CC[C@@H]1O2. The Morgan fingerprint density at radius 1 is 0.905 bits per heavy atom. The van der Waals surface area contributed by atoms with E-state index in [1.54, 1.807) is 0 Å². The van der Waals surface area contributed by atoms with Crippen LogP contribution in [0.1, 0.15) is 40.5 Å². The molecule has 0 spiro atoms. The van der Waals surface area contributed by atoms with Gasteiger partial charge >= 0.3 is 0 Å². The molecule has 21 heavy (non-hydrogen) atoms. The van der Waals surface area contributed by atoms with Gasteiger partial charge in [0.2, 0.25) is 11.8 Å². The molecule has 2 saturated heterocycles. The highest BCUT2D eigenvalue weighted by Crippen LogP contribution is 2.43. The maximum Gasteiger partial charge on any atom is 0.226 e. The Morgan fingerprint density at radius 3 is 1.62 bits per heavy atom. The van der Waals surface area contributed by atoms with Crippen molar-refractivity contribution < 1.29 is 14.3 Å². The van der Waals surface area contributed by atoms with Gasteiger partial charge in [-0.05, 0) is 24.7 Å². The third-order valence-electron chi connectivity index (χ3n) is 4.25. The summed E-state index contributed by atoms with van der Waals surface area (Å²) in [6.45, 7) is 9.53. The van der Waals surface area contributed by atoms with E-state index in [4.69, 9.17) is 4.74 Å². The average Bonchev–Trinajstić information content (AvgIpc) is 3.02. The van der Waals surface area contributed by atoms with Crippen LogP contribution in [0.5, 0.6) is 0 Å². The van der Waals surface area contributed by atoms with Crippen molar-refractivity contribution in [3.8, 4) is 0 Å². The van der Waals surface area contributed by atoms with Gasteiger partial charge in [-0.1, -0.05) is 27.7 Å². The van der Waals surface area contributed by atoms with Gasteiger partial charge in [0.05, 0.1) is 24.0 Å². The van der Waals surface area contributed by atoms with E-state index in [9.17, 15) is 9.59 Å². The maximum absolute atomic E-state index is 12.4. The van der Waals surface area contributed by atoms with E-state index < -0.39 is 0 Å². The van der Waals surface area contributed by atoms with E-state index in [1.807, 2.05) is 0 Å². The Kier molecular flexibility index (Phi) is 5.25. The van der Waals surface area contributed by atoms with Crippen LogP contribution >= 0.6 is 0 Å². The molecule has 2 N–H and O–H groups in total. The second-order valence-corrected chi connectivity index (χ2v) is 7.12. The molecule has 2 bridgehead atoms. The third kappa shape index (κ3) is 3.76. The first kappa shape index (κ1) is 16.3. The standard InChI is InChI=1S/C16H28N2O3/c1-9(2)7-17-15(19)13-11-5-6-12(21-11)14(13)16(20)18-8-10(3)4/h9-14H,5-8H2,1-4H3,(H,17,19)(H,18,20)/t11-,12+,13-,14+. The molecular weight excluding hydrogens is 268 g/mol. The van der Waals surface area contributed by atoms with Crippen LogP contribution in [0.4, 0.5) is 0 Å². The van der Waals surface area contributed by atoms with Crippen molar-refractivity contribution in [3.63, 3.8) is 0 Å². The van der Waals surface area contributed by atoms with E-state index >= 15 is 0 Å². The summed E-state index contributed by atoms with van der Waals surface area (Å²) in [5.74, 6) is 0.105. The molecule has 2 aliphatic heterocycles. The van der Waals surface area contributed by atoms with Crippen LogP contribution in [0.15, 0.2) is 0 Å². The molecule has 0 aromatic carbocycles. The number of hydrogen-bond donors (Lipinski definition) is 2. The quantitative estimate of drug-likeness (QED) is 0.777. The highest BCUT2D eigenvalue weighted by Gasteiger charge is 2.55. The first-order valence-corrected chi connectivity index (χ1v) is 8.11. The maximum atomic E-state index is 12.4. The molecule has 120 valence electrons. The lowest BCUT2D eigenvalue weighted by Crippen LogP contribution is -2.48. The fraction of sp³-hybridized carbons (Fsp3) is 0.875. The second kappa shape index (κ2) is 6.77. The third-order valence-corrected chi connectivity index (χ3v) is 4.25. The Balaban J connectivity index is 2.00. The van der Waals surface area contributed by atoms with Gasteiger partial charge in [0.1, 0.15) is 0 Å². The fourth-order valence-corrected chi connectivity index (χ4v) is 3.19. The summed E-state index contributed by atoms with van der Waals surface area (Å²) >= 11 is 0. The average molecular weight is 296 g/mol. The number of amides is 2. The van der Waals surface area contributed by atoms with Crippen molar-refractivity contribution in [2.75, 3.05) is 13.1 Å². The number of fused-ring (bicyclic) bond motifs is 2. The molecule has 2 aliphatic rings. The first-order valence-electron chi connectivity index (χ1n) is 8.11. The zero-order valence-electron chi connectivity index (χ0n) is 13.5. The van der Waals surface area contributed by atoms with Crippen LogP contribution in [-0.2, 0) is 14.3 Å². The van der Waals surface area contributed by atoms with Crippen molar-refractivity contribution >= 4 is 11.8 Å². The number of nitrogens with one attached hydrogen (secondary N) is 2. The predicted octanol–water partition coefficient (Wildman–Crippen LogP) is 1.32. The summed E-state index contributed by atoms with van der Waals surface area (Å²) in [5.41, 5.74) is 0. The van der Waals surface area contributed by atoms with Crippen molar-refractivity contribution in [2.24, 2.45) is 23.7 Å². The summed E-state index contributed by atoms with van der Waals surface area (Å²) in [6, 6.07) is 0. The normalized spacial score (nSPS) is 31.0. The highest BCUT2D eigenvalue weighted by molar-refractivity contribution is 5.89. The van der Waals surface area contributed by atoms with Crippen LogP contribution in [0.2, 0.25) is 0 Å². The van der Waals surface area contributed by atoms with Crippen molar-refractivity contribution in [2.45, 2.75) is 52.7 Å². The lowest BCUT2D eigenvalue weighted by atomic mass is 9.78. The summed E-state index contributed by atoms with van der Waals surface area (Å²) in [6.07, 6.45) is 1.60. The number of hydrogen-bond acceptors (Lipinski definition) is 3. The highest BCUT2D eigenvalue weighted by atomic mass is 16.5. The van der Waals surface area contributed by atoms with Gasteiger partial charge in [-0.3, -0.25) is 9.59 Å². The first-order chi connectivity index (χ1) is 9.90. The molecule has 0 aromatic heterocycles. The molecule has 5 heteroatoms. The van der Waals surface area contributed by atoms with Gasteiger partial charge in [0.15, 0.2) is 0 Å². The van der Waals surface area contributed by atoms with Crippen LogP contribution in [0, 0.1) is 23.7 Å². The molecule has 0 saturated carbocycles. The molecule has 2 amide bonds. The van der Waals surface area contributed by atoms with E-state index in [2.05, 4.69) is 38.3 Å². The monoisotopic (exact) mass is 296 g/mol. The lowest BCUT2D eigenvalue weighted by molar-refractivity contribution is -0.135. The smallest absolute Gasteiger partial charge is 0.226 e. The minimum Gasteiger partial charge on any atom is -0.373 e. The summed E-state index contributed by atoms with van der Waals surface area (Å²) in [7, 11) is 0. The molecule has 2 fully saturated rings. The predicted molar refractivity (Wildman–Crippen MR) is 80.6 cm³/mol. The molecule has 2 heterocycles. The van der Waals surface area contributed by atoms with Gasteiger partial charge in [-0.15, -0.1) is 0 Å². The van der Waals surface area contributed by atoms with Crippen molar-refractivity contribution in [3.05, 3.63) is 0 Å². The fourth-order valence-electron chi connectivity index (χ4n) is 3.19. The molecular formula is C16H28N2O3. The topological polar surface area (TPSA) is 67.4 Å². The zero-order chi connectivity index (χ0) is 15.6. The summed E-state index contributed by atoms with van der Waals surface area (Å²) in [5, 5.41) is 5.92. The van der Waals surface area contributed by atoms with Crippen molar-refractivity contribution in [1.82, 2.24) is 10.6 Å². The van der Waals surface area contributed by atoms with E-state index in [0.29, 0.717) is 24.9 Å². The number of carbonyl (C=O) groups excluding carboxylic acids is 2. The van der Waals surface area contributed by atoms with Gasteiger partial charge in [-0.2, -0.15) is 0 Å². The van der Waals surface area contributed by atoms with Crippen LogP contribution < -0.4 is 10.6 Å². The van der Waals surface area contributed by atoms with Gasteiger partial charge in [0.25, 0.3) is 0 Å². The van der Waals surface area contributed by atoms with Gasteiger partial charge in [-0.25, -0.2) is 0 Å². The molecule has 0 unspecified atom stereocenters. The van der Waals surface area contributed by atoms with Gasteiger partial charge in [0, 0.05) is 13.1 Å². The molecule has 4 atom stereocenters.